The van der Waals surface area contributed by atoms with Crippen molar-refractivity contribution in [1.82, 2.24) is 0 Å². The summed E-state index contributed by atoms with van der Waals surface area (Å²) in [5, 5.41) is 0. The number of halogens is 1. The van der Waals surface area contributed by atoms with Crippen LogP contribution in [0.25, 0.3) is 0 Å². The zero-order chi connectivity index (χ0) is 13.8. The third kappa shape index (κ3) is 3.55. The van der Waals surface area contributed by atoms with Gasteiger partial charge in [0.25, 0.3) is 0 Å². The lowest BCUT2D eigenvalue weighted by Gasteiger charge is -2.15. The van der Waals surface area contributed by atoms with Gasteiger partial charge in [0.1, 0.15) is 6.61 Å². The van der Waals surface area contributed by atoms with Gasteiger partial charge in [0.15, 0.2) is 11.6 Å². The minimum Gasteiger partial charge on any atom is -0.489 e. The first-order valence-electron chi connectivity index (χ1n) is 6.27. The van der Waals surface area contributed by atoms with Crippen LogP contribution in [0.1, 0.15) is 22.7 Å². The van der Waals surface area contributed by atoms with Crippen LogP contribution in [-0.2, 0) is 0 Å². The number of hydrogen-bond donors (Lipinski definition) is 1. The summed E-state index contributed by atoms with van der Waals surface area (Å²) in [5.74, 6) is -0.127. The van der Waals surface area contributed by atoms with Gasteiger partial charge in [-0.3, -0.25) is 0 Å². The van der Waals surface area contributed by atoms with Crippen LogP contribution < -0.4 is 10.5 Å². The van der Waals surface area contributed by atoms with Crippen LogP contribution in [0.4, 0.5) is 4.39 Å². The summed E-state index contributed by atoms with van der Waals surface area (Å²) in [7, 11) is 0. The van der Waals surface area contributed by atoms with Gasteiger partial charge < -0.3 is 10.5 Å². The molecule has 100 valence electrons. The van der Waals surface area contributed by atoms with Crippen LogP contribution in [0.5, 0.6) is 5.75 Å². The van der Waals surface area contributed by atoms with E-state index in [1.165, 1.54) is 6.07 Å². The summed E-state index contributed by atoms with van der Waals surface area (Å²) in [6, 6.07) is 12.2. The zero-order valence-corrected chi connectivity index (χ0v) is 11.2. The van der Waals surface area contributed by atoms with E-state index in [-0.39, 0.29) is 24.2 Å². The lowest BCUT2D eigenvalue weighted by atomic mass is 10.0. The van der Waals surface area contributed by atoms with Crippen molar-refractivity contribution in [2.24, 2.45) is 5.73 Å². The van der Waals surface area contributed by atoms with Crippen molar-refractivity contribution in [2.75, 3.05) is 6.61 Å². The highest BCUT2D eigenvalue weighted by Gasteiger charge is 2.09. The van der Waals surface area contributed by atoms with E-state index in [4.69, 9.17) is 10.5 Å². The molecule has 0 aliphatic heterocycles. The molecule has 0 saturated heterocycles. The number of aryl methyl sites for hydroxylation is 2. The van der Waals surface area contributed by atoms with Gasteiger partial charge in [-0.1, -0.05) is 41.5 Å². The van der Waals surface area contributed by atoms with Gasteiger partial charge in [-0.25, -0.2) is 4.39 Å². The summed E-state index contributed by atoms with van der Waals surface area (Å²) in [6.07, 6.45) is 0. The normalized spacial score (nSPS) is 12.2. The first-order valence-corrected chi connectivity index (χ1v) is 6.27. The molecule has 0 heterocycles. The Bertz CT molecular complexity index is 548. The molecule has 2 rings (SSSR count). The predicted molar refractivity (Wildman–Crippen MR) is 74.7 cm³/mol. The van der Waals surface area contributed by atoms with Crippen molar-refractivity contribution >= 4 is 0 Å². The van der Waals surface area contributed by atoms with E-state index < -0.39 is 0 Å². The van der Waals surface area contributed by atoms with Crippen molar-refractivity contribution < 1.29 is 9.13 Å². The van der Waals surface area contributed by atoms with Gasteiger partial charge >= 0.3 is 0 Å². The first-order chi connectivity index (χ1) is 9.06. The van der Waals surface area contributed by atoms with Crippen molar-refractivity contribution in [3.8, 4) is 5.75 Å². The summed E-state index contributed by atoms with van der Waals surface area (Å²) >= 11 is 0. The van der Waals surface area contributed by atoms with Crippen molar-refractivity contribution in [2.45, 2.75) is 19.9 Å². The third-order valence-electron chi connectivity index (χ3n) is 2.93. The van der Waals surface area contributed by atoms with E-state index in [1.807, 2.05) is 26.0 Å². The van der Waals surface area contributed by atoms with E-state index in [2.05, 4.69) is 6.07 Å². The Morgan fingerprint density at radius 1 is 1.11 bits per heavy atom. The largest absolute Gasteiger partial charge is 0.489 e. The van der Waals surface area contributed by atoms with Crippen LogP contribution in [-0.4, -0.2) is 6.61 Å². The van der Waals surface area contributed by atoms with E-state index in [1.54, 1.807) is 18.2 Å². The van der Waals surface area contributed by atoms with Crippen molar-refractivity contribution in [1.29, 1.82) is 0 Å². The number of para-hydroxylation sites is 1. The number of benzene rings is 2. The van der Waals surface area contributed by atoms with Gasteiger partial charge in [0.05, 0.1) is 6.04 Å². The molecule has 0 saturated carbocycles. The quantitative estimate of drug-likeness (QED) is 0.911. The molecule has 2 aromatic carbocycles. The Morgan fingerprint density at radius 2 is 1.74 bits per heavy atom. The Morgan fingerprint density at radius 3 is 2.37 bits per heavy atom. The summed E-state index contributed by atoms with van der Waals surface area (Å²) in [6.45, 7) is 4.31. The predicted octanol–water partition coefficient (Wildman–Crippen LogP) is 3.52. The zero-order valence-electron chi connectivity index (χ0n) is 11.2. The molecule has 0 aliphatic rings. The van der Waals surface area contributed by atoms with Crippen LogP contribution in [0.15, 0.2) is 42.5 Å². The maximum atomic E-state index is 13.4. The van der Waals surface area contributed by atoms with Gasteiger partial charge in [-0.15, -0.1) is 0 Å². The van der Waals surface area contributed by atoms with E-state index in [0.29, 0.717) is 0 Å². The Labute approximate surface area is 113 Å². The molecular weight excluding hydrogens is 241 g/mol. The number of hydrogen-bond acceptors (Lipinski definition) is 2. The molecule has 19 heavy (non-hydrogen) atoms. The van der Waals surface area contributed by atoms with E-state index in [0.717, 1.165) is 16.7 Å². The van der Waals surface area contributed by atoms with Crippen molar-refractivity contribution in [3.05, 3.63) is 65.0 Å². The summed E-state index contributed by atoms with van der Waals surface area (Å²) in [5.41, 5.74) is 9.42. The molecule has 1 atom stereocenters. The molecule has 3 heteroatoms. The topological polar surface area (TPSA) is 35.2 Å². The third-order valence-corrected chi connectivity index (χ3v) is 2.93. The molecular formula is C16H18FNO. The van der Waals surface area contributed by atoms with Crippen LogP contribution in [0, 0.1) is 19.7 Å². The fraction of sp³-hybridized carbons (Fsp3) is 0.250. The molecule has 0 bridgehead atoms. The SMILES string of the molecule is Cc1cc(C)cc(C(N)COc2ccccc2F)c1. The maximum Gasteiger partial charge on any atom is 0.165 e. The molecule has 0 aromatic heterocycles. The molecule has 2 aromatic rings. The van der Waals surface area contributed by atoms with E-state index in [9.17, 15) is 4.39 Å². The van der Waals surface area contributed by atoms with Gasteiger partial charge in [-0.05, 0) is 31.5 Å². The fourth-order valence-corrected chi connectivity index (χ4v) is 2.06. The minimum absolute atomic E-state index is 0.238. The highest BCUT2D eigenvalue weighted by atomic mass is 19.1. The number of nitrogens with two attached hydrogens (primary N) is 1. The van der Waals surface area contributed by atoms with Crippen LogP contribution in [0.3, 0.4) is 0 Å². The lowest BCUT2D eigenvalue weighted by molar-refractivity contribution is 0.277. The van der Waals surface area contributed by atoms with E-state index >= 15 is 0 Å². The Hall–Kier alpha value is -1.87. The lowest BCUT2D eigenvalue weighted by Crippen LogP contribution is -2.19. The van der Waals surface area contributed by atoms with Crippen LogP contribution >= 0.6 is 0 Å². The highest BCUT2D eigenvalue weighted by molar-refractivity contribution is 5.31. The molecule has 2 nitrogen and oxygen atoms in total. The summed E-state index contributed by atoms with van der Waals surface area (Å²) in [4.78, 5) is 0. The van der Waals surface area contributed by atoms with Crippen LogP contribution in [0.2, 0.25) is 0 Å². The first kappa shape index (κ1) is 13.6. The summed E-state index contributed by atoms with van der Waals surface area (Å²) < 4.78 is 18.8. The Kier molecular flexibility index (Phi) is 4.17. The molecule has 1 unspecified atom stereocenters. The van der Waals surface area contributed by atoms with Gasteiger partial charge in [-0.2, -0.15) is 0 Å². The molecule has 0 fully saturated rings. The highest BCUT2D eigenvalue weighted by Crippen LogP contribution is 2.19. The standard InChI is InChI=1S/C16H18FNO/c1-11-7-12(2)9-13(8-11)15(18)10-19-16-6-4-3-5-14(16)17/h3-9,15H,10,18H2,1-2H3. The number of ether oxygens (including phenoxy) is 1. The fourth-order valence-electron chi connectivity index (χ4n) is 2.06. The Balaban J connectivity index is 2.05. The second-order valence-electron chi connectivity index (χ2n) is 4.77. The second kappa shape index (κ2) is 5.85. The smallest absolute Gasteiger partial charge is 0.165 e. The van der Waals surface area contributed by atoms with Crippen molar-refractivity contribution in [3.63, 3.8) is 0 Å². The molecule has 0 aliphatic carbocycles. The average molecular weight is 259 g/mol. The minimum atomic E-state index is -0.366. The van der Waals surface area contributed by atoms with Gasteiger partial charge in [0, 0.05) is 0 Å². The monoisotopic (exact) mass is 259 g/mol. The van der Waals surface area contributed by atoms with Gasteiger partial charge in [0.2, 0.25) is 0 Å². The molecule has 0 spiro atoms. The second-order valence-corrected chi connectivity index (χ2v) is 4.77. The molecule has 2 N–H and O–H groups in total. The average Bonchev–Trinajstić information content (AvgIpc) is 2.36. The molecule has 0 amide bonds. The molecule has 0 radical (unpaired) electrons. The maximum absolute atomic E-state index is 13.4. The number of rotatable bonds is 4.